The van der Waals surface area contributed by atoms with E-state index in [1.54, 1.807) is 20.8 Å². The molecule has 1 aromatic rings. The van der Waals surface area contributed by atoms with Gasteiger partial charge in [0.25, 0.3) is 0 Å². The summed E-state index contributed by atoms with van der Waals surface area (Å²) >= 11 is 0. The van der Waals surface area contributed by atoms with Crippen LogP contribution >= 0.6 is 0 Å². The predicted molar refractivity (Wildman–Crippen MR) is 139 cm³/mol. The highest BCUT2D eigenvalue weighted by Gasteiger charge is 2.72. The second-order valence-electron chi connectivity index (χ2n) is 12.5. The lowest BCUT2D eigenvalue weighted by Gasteiger charge is -2.59. The average Bonchev–Trinajstić information content (AvgIpc) is 2.75. The number of aryl methyl sites for hydroxylation is 1. The van der Waals surface area contributed by atoms with E-state index in [1.165, 1.54) is 6.07 Å². The molecule has 0 spiro atoms. The molecule has 1 aromatic carbocycles. The summed E-state index contributed by atoms with van der Waals surface area (Å²) in [4.78, 5) is 40.2. The molecule has 0 heterocycles. The first-order valence-corrected chi connectivity index (χ1v) is 13.1. The highest BCUT2D eigenvalue weighted by atomic mass is 16.3. The van der Waals surface area contributed by atoms with Crippen LogP contribution in [-0.4, -0.2) is 43.4 Å². The standard InChI is InChI=1S/C30H38O7/c1-14(2)8-9-17-10-11-19(32)21-18(17)12-28(6)13-29(7)22(15(3)4)24(33)20(16(5)31)26(35)30(29,37)27(36)23(28)25(21)34/h10-11,14-15,22,32,34-35,37H,8-9,12-13H2,1-7H3/t22?,28-,29-,30+/m1/s1. The SMILES string of the molecule is CC(=O)C1=C(O)[C@]2(O)C(=O)C3=C(O)c4c(O)ccc(CCC(C)C)c4C[C@]3(C)C[C@]2(C)C(C(C)C)C1=O. The van der Waals surface area contributed by atoms with Crippen LogP contribution in [0.5, 0.6) is 5.75 Å². The number of phenols is 1. The number of fused-ring (bicyclic) bond motifs is 3. The molecule has 7 nitrogen and oxygen atoms in total. The number of aliphatic hydroxyl groups is 3. The second-order valence-corrected chi connectivity index (χ2v) is 12.5. The summed E-state index contributed by atoms with van der Waals surface area (Å²) in [5, 5.41) is 45.5. The number of allylic oxidation sites excluding steroid dienone is 1. The van der Waals surface area contributed by atoms with E-state index >= 15 is 0 Å². The summed E-state index contributed by atoms with van der Waals surface area (Å²) in [6.45, 7) is 12.4. The molecule has 200 valence electrons. The molecule has 0 aliphatic heterocycles. The van der Waals surface area contributed by atoms with Gasteiger partial charge in [-0.2, -0.15) is 0 Å². The molecule has 0 radical (unpaired) electrons. The fourth-order valence-electron chi connectivity index (χ4n) is 7.46. The van der Waals surface area contributed by atoms with Crippen LogP contribution < -0.4 is 0 Å². The van der Waals surface area contributed by atoms with Gasteiger partial charge in [0.1, 0.15) is 22.8 Å². The van der Waals surface area contributed by atoms with Crippen molar-refractivity contribution in [2.24, 2.45) is 28.6 Å². The van der Waals surface area contributed by atoms with Gasteiger partial charge in [0.15, 0.2) is 17.2 Å². The normalized spacial score (nSPS) is 31.6. The molecule has 1 unspecified atom stereocenters. The molecule has 3 aliphatic carbocycles. The molecule has 0 amide bonds. The van der Waals surface area contributed by atoms with Crippen LogP contribution in [0.1, 0.15) is 78.0 Å². The third-order valence-corrected chi connectivity index (χ3v) is 8.98. The number of hydrogen-bond acceptors (Lipinski definition) is 7. The van der Waals surface area contributed by atoms with Crippen molar-refractivity contribution >= 4 is 23.1 Å². The Balaban J connectivity index is 2.03. The zero-order valence-corrected chi connectivity index (χ0v) is 22.7. The van der Waals surface area contributed by atoms with Crippen molar-refractivity contribution in [1.29, 1.82) is 0 Å². The zero-order valence-electron chi connectivity index (χ0n) is 22.7. The number of ketones is 3. The Morgan fingerprint density at radius 1 is 1.08 bits per heavy atom. The summed E-state index contributed by atoms with van der Waals surface area (Å²) in [6, 6.07) is 3.34. The van der Waals surface area contributed by atoms with Gasteiger partial charge in [0, 0.05) is 22.3 Å². The molecule has 3 aliphatic rings. The fourth-order valence-corrected chi connectivity index (χ4v) is 7.46. The molecule has 0 saturated heterocycles. The summed E-state index contributed by atoms with van der Waals surface area (Å²) in [7, 11) is 0. The van der Waals surface area contributed by atoms with E-state index in [1.807, 2.05) is 13.0 Å². The molecular formula is C30H38O7. The van der Waals surface area contributed by atoms with Gasteiger partial charge < -0.3 is 20.4 Å². The molecule has 37 heavy (non-hydrogen) atoms. The number of carbonyl (C=O) groups excluding carboxylic acids is 3. The van der Waals surface area contributed by atoms with Crippen molar-refractivity contribution in [3.8, 4) is 5.75 Å². The van der Waals surface area contributed by atoms with Crippen molar-refractivity contribution < 1.29 is 34.8 Å². The Kier molecular flexibility index (Phi) is 6.27. The Bertz CT molecular complexity index is 1280. The van der Waals surface area contributed by atoms with E-state index in [9.17, 15) is 34.8 Å². The van der Waals surface area contributed by atoms with Crippen molar-refractivity contribution in [2.45, 2.75) is 79.8 Å². The topological polar surface area (TPSA) is 132 Å². The minimum absolute atomic E-state index is 0.0948. The first-order chi connectivity index (χ1) is 17.0. The van der Waals surface area contributed by atoms with Gasteiger partial charge >= 0.3 is 0 Å². The highest BCUT2D eigenvalue weighted by molar-refractivity contribution is 6.24. The number of aromatic hydroxyl groups is 1. The minimum atomic E-state index is -2.58. The van der Waals surface area contributed by atoms with Gasteiger partial charge in [0.2, 0.25) is 5.78 Å². The first kappa shape index (κ1) is 27.1. The first-order valence-electron chi connectivity index (χ1n) is 13.1. The van der Waals surface area contributed by atoms with Crippen LogP contribution in [0.15, 0.2) is 29.0 Å². The second kappa shape index (κ2) is 8.55. The van der Waals surface area contributed by atoms with Crippen LogP contribution in [0.2, 0.25) is 0 Å². The predicted octanol–water partition coefficient (Wildman–Crippen LogP) is 4.78. The largest absolute Gasteiger partial charge is 0.508 e. The van der Waals surface area contributed by atoms with Crippen LogP contribution in [-0.2, 0) is 27.2 Å². The van der Waals surface area contributed by atoms with Crippen LogP contribution in [0.25, 0.3) is 5.76 Å². The van der Waals surface area contributed by atoms with E-state index < -0.39 is 56.8 Å². The Labute approximate surface area is 217 Å². The summed E-state index contributed by atoms with van der Waals surface area (Å²) < 4.78 is 0. The third-order valence-electron chi connectivity index (χ3n) is 8.98. The van der Waals surface area contributed by atoms with Crippen LogP contribution in [0, 0.1) is 28.6 Å². The van der Waals surface area contributed by atoms with Crippen LogP contribution in [0.3, 0.4) is 0 Å². The van der Waals surface area contributed by atoms with E-state index in [4.69, 9.17) is 0 Å². The van der Waals surface area contributed by atoms with Crippen molar-refractivity contribution in [3.05, 3.63) is 45.7 Å². The number of Topliss-reactive ketones (excluding diaryl/α,β-unsaturated/α-hetero) is 3. The van der Waals surface area contributed by atoms with Gasteiger partial charge in [0.05, 0.1) is 5.56 Å². The molecule has 4 rings (SSSR count). The number of benzene rings is 1. The Morgan fingerprint density at radius 2 is 1.70 bits per heavy atom. The van der Waals surface area contributed by atoms with Crippen molar-refractivity contribution in [1.82, 2.24) is 0 Å². The third kappa shape index (κ3) is 3.53. The fraction of sp³-hybridized carbons (Fsp3) is 0.567. The number of hydrogen-bond donors (Lipinski definition) is 4. The average molecular weight is 511 g/mol. The van der Waals surface area contributed by atoms with Gasteiger partial charge in [-0.25, -0.2) is 0 Å². The molecule has 1 saturated carbocycles. The van der Waals surface area contributed by atoms with E-state index in [0.29, 0.717) is 12.3 Å². The van der Waals surface area contributed by atoms with Gasteiger partial charge in [-0.1, -0.05) is 47.6 Å². The number of rotatable bonds is 5. The van der Waals surface area contributed by atoms with E-state index in [2.05, 4.69) is 13.8 Å². The molecule has 7 heteroatoms. The summed E-state index contributed by atoms with van der Waals surface area (Å²) in [6.07, 6.45) is 2.04. The van der Waals surface area contributed by atoms with Gasteiger partial charge in [-0.15, -0.1) is 0 Å². The van der Waals surface area contributed by atoms with Crippen molar-refractivity contribution in [3.63, 3.8) is 0 Å². The highest BCUT2D eigenvalue weighted by Crippen LogP contribution is 2.65. The van der Waals surface area contributed by atoms with Gasteiger partial charge in [-0.3, -0.25) is 14.4 Å². The number of carbonyl (C=O) groups is 3. The Morgan fingerprint density at radius 3 is 2.24 bits per heavy atom. The molecular weight excluding hydrogens is 472 g/mol. The van der Waals surface area contributed by atoms with E-state index in [-0.39, 0.29) is 29.2 Å². The molecule has 4 N–H and O–H groups in total. The monoisotopic (exact) mass is 510 g/mol. The minimum Gasteiger partial charge on any atom is -0.508 e. The number of phenolic OH excluding ortho intramolecular Hbond substituents is 1. The van der Waals surface area contributed by atoms with Crippen LogP contribution in [0.4, 0.5) is 0 Å². The molecule has 4 atom stereocenters. The lowest BCUT2D eigenvalue weighted by molar-refractivity contribution is -0.178. The molecule has 0 bridgehead atoms. The number of aliphatic hydroxyl groups excluding tert-OH is 2. The maximum atomic E-state index is 14.2. The lowest BCUT2D eigenvalue weighted by atomic mass is 9.43. The molecule has 0 aromatic heterocycles. The summed E-state index contributed by atoms with van der Waals surface area (Å²) in [5.41, 5.74) is -3.79. The zero-order chi connectivity index (χ0) is 27.8. The quantitative estimate of drug-likeness (QED) is 0.419. The summed E-state index contributed by atoms with van der Waals surface area (Å²) in [5.74, 6) is -4.61. The molecule has 1 fully saturated rings. The van der Waals surface area contributed by atoms with E-state index in [0.717, 1.165) is 30.9 Å². The maximum Gasteiger partial charge on any atom is 0.203 e. The lowest BCUT2D eigenvalue weighted by Crippen LogP contribution is -2.69. The van der Waals surface area contributed by atoms with Gasteiger partial charge in [-0.05, 0) is 61.6 Å². The van der Waals surface area contributed by atoms with Crippen molar-refractivity contribution in [2.75, 3.05) is 0 Å². The smallest absolute Gasteiger partial charge is 0.203 e. The maximum absolute atomic E-state index is 14.2. The Hall–Kier alpha value is -2.93.